The quantitative estimate of drug-likeness (QED) is 0.767. The summed E-state index contributed by atoms with van der Waals surface area (Å²) in [4.78, 5) is 14.8. The maximum Gasteiger partial charge on any atom is 0.325 e. The summed E-state index contributed by atoms with van der Waals surface area (Å²) >= 11 is 0. The summed E-state index contributed by atoms with van der Waals surface area (Å²) in [7, 11) is 0. The van der Waals surface area contributed by atoms with Gasteiger partial charge in [-0.2, -0.15) is 0 Å². The molecule has 1 atom stereocenters. The van der Waals surface area contributed by atoms with Crippen LogP contribution in [0, 0.1) is 13.8 Å². The van der Waals surface area contributed by atoms with Crippen LogP contribution in [-0.4, -0.2) is 22.1 Å². The lowest BCUT2D eigenvalue weighted by atomic mass is 10.2. The third kappa shape index (κ3) is 2.73. The first-order valence-electron chi connectivity index (χ1n) is 4.43. The van der Waals surface area contributed by atoms with E-state index in [9.17, 15) is 4.79 Å². The third-order valence-corrected chi connectivity index (χ3v) is 1.83. The average molecular weight is 194 g/mol. The van der Waals surface area contributed by atoms with E-state index in [4.69, 9.17) is 5.11 Å². The maximum atomic E-state index is 10.6. The van der Waals surface area contributed by atoms with E-state index in [1.807, 2.05) is 26.0 Å². The van der Waals surface area contributed by atoms with Crippen molar-refractivity contribution in [2.45, 2.75) is 26.8 Å². The van der Waals surface area contributed by atoms with E-state index < -0.39 is 12.0 Å². The van der Waals surface area contributed by atoms with Gasteiger partial charge < -0.3 is 10.4 Å². The number of carbonyl (C=O) groups is 1. The van der Waals surface area contributed by atoms with E-state index in [0.717, 1.165) is 11.3 Å². The van der Waals surface area contributed by atoms with Gasteiger partial charge in [0, 0.05) is 5.69 Å². The van der Waals surface area contributed by atoms with Gasteiger partial charge in [-0.15, -0.1) is 0 Å². The van der Waals surface area contributed by atoms with Crippen LogP contribution in [0.1, 0.15) is 18.2 Å². The number of carboxylic acid groups (broad SMARTS) is 1. The molecule has 4 heteroatoms. The Labute approximate surface area is 83.0 Å². The van der Waals surface area contributed by atoms with Crippen molar-refractivity contribution >= 4 is 11.8 Å². The molecular weight excluding hydrogens is 180 g/mol. The van der Waals surface area contributed by atoms with Gasteiger partial charge in [-0.3, -0.25) is 4.79 Å². The molecule has 0 aliphatic rings. The largest absolute Gasteiger partial charge is 0.480 e. The molecule has 0 spiro atoms. The zero-order valence-electron chi connectivity index (χ0n) is 8.53. The van der Waals surface area contributed by atoms with Crippen molar-refractivity contribution in [3.63, 3.8) is 0 Å². The molecule has 0 aliphatic carbocycles. The van der Waals surface area contributed by atoms with E-state index >= 15 is 0 Å². The standard InChI is InChI=1S/C10H14N2O2/c1-6-4-7(2)11-9(5-6)12-8(3)10(13)14/h4-5,8H,1-3H3,(H,11,12)(H,13,14). The number of hydrogen-bond donors (Lipinski definition) is 2. The molecule has 1 heterocycles. The highest BCUT2D eigenvalue weighted by atomic mass is 16.4. The summed E-state index contributed by atoms with van der Waals surface area (Å²) in [6, 6.07) is 3.15. The van der Waals surface area contributed by atoms with Crippen molar-refractivity contribution in [2.75, 3.05) is 5.32 Å². The summed E-state index contributed by atoms with van der Waals surface area (Å²) in [6.45, 7) is 5.41. The summed E-state index contributed by atoms with van der Waals surface area (Å²) in [5.41, 5.74) is 1.95. The van der Waals surface area contributed by atoms with E-state index in [1.165, 1.54) is 0 Å². The first-order valence-corrected chi connectivity index (χ1v) is 4.43. The molecular formula is C10H14N2O2. The highest BCUT2D eigenvalue weighted by Gasteiger charge is 2.10. The van der Waals surface area contributed by atoms with Gasteiger partial charge in [-0.1, -0.05) is 0 Å². The molecule has 0 fully saturated rings. The van der Waals surface area contributed by atoms with Crippen LogP contribution in [0.5, 0.6) is 0 Å². The third-order valence-electron chi connectivity index (χ3n) is 1.83. The van der Waals surface area contributed by atoms with Crippen molar-refractivity contribution in [3.05, 3.63) is 23.4 Å². The Bertz CT molecular complexity index is 330. The smallest absolute Gasteiger partial charge is 0.325 e. The minimum Gasteiger partial charge on any atom is -0.480 e. The summed E-state index contributed by atoms with van der Waals surface area (Å²) < 4.78 is 0. The van der Waals surface area contributed by atoms with E-state index in [0.29, 0.717) is 5.82 Å². The van der Waals surface area contributed by atoms with Gasteiger partial charge in [0.2, 0.25) is 0 Å². The molecule has 0 aromatic carbocycles. The molecule has 14 heavy (non-hydrogen) atoms. The number of hydrogen-bond acceptors (Lipinski definition) is 3. The maximum absolute atomic E-state index is 10.6. The van der Waals surface area contributed by atoms with Crippen LogP contribution in [-0.2, 0) is 4.79 Å². The van der Waals surface area contributed by atoms with Crippen LogP contribution in [0.15, 0.2) is 12.1 Å². The number of nitrogens with zero attached hydrogens (tertiary/aromatic N) is 1. The number of rotatable bonds is 3. The van der Waals surface area contributed by atoms with Gasteiger partial charge in [0.15, 0.2) is 0 Å². The summed E-state index contributed by atoms with van der Waals surface area (Å²) in [6.07, 6.45) is 0. The number of aryl methyl sites for hydroxylation is 2. The summed E-state index contributed by atoms with van der Waals surface area (Å²) in [5.74, 6) is -0.275. The molecule has 0 saturated heterocycles. The lowest BCUT2D eigenvalue weighted by Crippen LogP contribution is -2.25. The molecule has 4 nitrogen and oxygen atoms in total. The van der Waals surface area contributed by atoms with E-state index in [1.54, 1.807) is 6.92 Å². The van der Waals surface area contributed by atoms with E-state index in [-0.39, 0.29) is 0 Å². The molecule has 0 aliphatic heterocycles. The Kier molecular flexibility index (Phi) is 3.06. The van der Waals surface area contributed by atoms with Gasteiger partial charge >= 0.3 is 5.97 Å². The predicted octanol–water partition coefficient (Wildman–Crippen LogP) is 1.58. The Balaban J connectivity index is 2.81. The summed E-state index contributed by atoms with van der Waals surface area (Å²) in [5, 5.41) is 11.5. The fourth-order valence-corrected chi connectivity index (χ4v) is 1.20. The zero-order chi connectivity index (χ0) is 10.7. The lowest BCUT2D eigenvalue weighted by Gasteiger charge is -2.10. The van der Waals surface area contributed by atoms with Crippen molar-refractivity contribution in [2.24, 2.45) is 0 Å². The predicted molar refractivity (Wildman–Crippen MR) is 54.4 cm³/mol. The van der Waals surface area contributed by atoms with Crippen LogP contribution >= 0.6 is 0 Å². The van der Waals surface area contributed by atoms with Crippen molar-refractivity contribution in [3.8, 4) is 0 Å². The Morgan fingerprint density at radius 3 is 2.64 bits per heavy atom. The monoisotopic (exact) mass is 194 g/mol. The topological polar surface area (TPSA) is 62.2 Å². The first-order chi connectivity index (χ1) is 6.49. The van der Waals surface area contributed by atoms with Crippen LogP contribution < -0.4 is 5.32 Å². The highest BCUT2D eigenvalue weighted by Crippen LogP contribution is 2.09. The fourth-order valence-electron chi connectivity index (χ4n) is 1.20. The van der Waals surface area contributed by atoms with Crippen molar-refractivity contribution in [1.82, 2.24) is 4.98 Å². The molecule has 0 radical (unpaired) electrons. The second-order valence-corrected chi connectivity index (χ2v) is 3.38. The minimum atomic E-state index is -0.883. The molecule has 76 valence electrons. The van der Waals surface area contributed by atoms with Crippen LogP contribution in [0.4, 0.5) is 5.82 Å². The van der Waals surface area contributed by atoms with Gasteiger partial charge in [0.25, 0.3) is 0 Å². The molecule has 0 bridgehead atoms. The highest BCUT2D eigenvalue weighted by molar-refractivity contribution is 5.76. The molecule has 0 saturated carbocycles. The van der Waals surface area contributed by atoms with Crippen LogP contribution in [0.2, 0.25) is 0 Å². The molecule has 1 aromatic rings. The molecule has 1 aromatic heterocycles. The van der Waals surface area contributed by atoms with Gasteiger partial charge in [0.1, 0.15) is 11.9 Å². The second-order valence-electron chi connectivity index (χ2n) is 3.38. The van der Waals surface area contributed by atoms with Gasteiger partial charge in [0.05, 0.1) is 0 Å². The number of carboxylic acids is 1. The van der Waals surface area contributed by atoms with Crippen molar-refractivity contribution < 1.29 is 9.90 Å². The van der Waals surface area contributed by atoms with E-state index in [2.05, 4.69) is 10.3 Å². The SMILES string of the molecule is Cc1cc(C)nc(NC(C)C(=O)O)c1. The van der Waals surface area contributed by atoms with Crippen molar-refractivity contribution in [1.29, 1.82) is 0 Å². The molecule has 1 unspecified atom stereocenters. The van der Waals surface area contributed by atoms with Crippen LogP contribution in [0.3, 0.4) is 0 Å². The second kappa shape index (κ2) is 4.09. The number of nitrogens with one attached hydrogen (secondary N) is 1. The molecule has 0 amide bonds. The number of aromatic nitrogens is 1. The van der Waals surface area contributed by atoms with Gasteiger partial charge in [-0.25, -0.2) is 4.98 Å². The number of aliphatic carboxylic acids is 1. The Hall–Kier alpha value is -1.58. The number of anilines is 1. The Morgan fingerprint density at radius 1 is 1.50 bits per heavy atom. The number of pyridine rings is 1. The zero-order valence-corrected chi connectivity index (χ0v) is 8.53. The minimum absolute atomic E-state index is 0.609. The lowest BCUT2D eigenvalue weighted by molar-refractivity contribution is -0.137. The first kappa shape index (κ1) is 10.5. The van der Waals surface area contributed by atoms with Crippen LogP contribution in [0.25, 0.3) is 0 Å². The normalized spacial score (nSPS) is 12.2. The molecule has 1 rings (SSSR count). The Morgan fingerprint density at radius 2 is 2.14 bits per heavy atom. The van der Waals surface area contributed by atoms with Gasteiger partial charge in [-0.05, 0) is 38.5 Å². The molecule has 2 N–H and O–H groups in total. The average Bonchev–Trinajstić information content (AvgIpc) is 2.01. The fraction of sp³-hybridized carbons (Fsp3) is 0.400.